The van der Waals surface area contributed by atoms with Crippen LogP contribution < -0.4 is 0 Å². The monoisotopic (exact) mass is 731 g/mol. The zero-order valence-corrected chi connectivity index (χ0v) is 31.1. The largest absolute Gasteiger partial charge is 0.309 e. The number of hydrogen-bond donors (Lipinski definition) is 0. The van der Waals surface area contributed by atoms with E-state index in [9.17, 15) is 0 Å². The number of aromatic nitrogens is 3. The van der Waals surface area contributed by atoms with E-state index in [-0.39, 0.29) is 0 Å². The zero-order chi connectivity index (χ0) is 37.0. The normalized spacial score (nSPS) is 11.6. The molecule has 11 rings (SSSR count). The van der Waals surface area contributed by atoms with Gasteiger partial charge in [0.05, 0.1) is 26.9 Å². The van der Waals surface area contributed by atoms with E-state index in [0.717, 1.165) is 49.5 Å². The summed E-state index contributed by atoms with van der Waals surface area (Å²) in [5.41, 5.74) is 14.5. The fourth-order valence-corrected chi connectivity index (χ4v) is 9.37. The first kappa shape index (κ1) is 32.3. The Morgan fingerprint density at radius 3 is 1.77 bits per heavy atom. The number of rotatable bonds is 6. The van der Waals surface area contributed by atoms with Crippen molar-refractivity contribution in [2.24, 2.45) is 0 Å². The number of fused-ring (bicyclic) bond motifs is 6. The molecular formula is C52H33N3S. The molecule has 3 aromatic heterocycles. The van der Waals surface area contributed by atoms with Gasteiger partial charge >= 0.3 is 0 Å². The molecule has 0 fully saturated rings. The van der Waals surface area contributed by atoms with E-state index >= 15 is 0 Å². The van der Waals surface area contributed by atoms with E-state index in [4.69, 9.17) is 9.97 Å². The molecule has 3 nitrogen and oxygen atoms in total. The number of thiophene rings is 1. The average molecular weight is 732 g/mol. The van der Waals surface area contributed by atoms with Crippen LogP contribution in [0.2, 0.25) is 0 Å². The van der Waals surface area contributed by atoms with E-state index in [1.165, 1.54) is 54.3 Å². The minimum absolute atomic E-state index is 0.718. The molecule has 0 saturated carbocycles. The van der Waals surface area contributed by atoms with Gasteiger partial charge in [-0.05, 0) is 75.8 Å². The summed E-state index contributed by atoms with van der Waals surface area (Å²) in [7, 11) is 0. The van der Waals surface area contributed by atoms with Crippen LogP contribution in [0.25, 0.3) is 104 Å². The first-order valence-corrected chi connectivity index (χ1v) is 19.7. The summed E-state index contributed by atoms with van der Waals surface area (Å²) in [4.78, 5) is 10.7. The smallest absolute Gasteiger partial charge is 0.160 e. The molecule has 0 aliphatic rings. The van der Waals surface area contributed by atoms with Gasteiger partial charge in [-0.3, -0.25) is 0 Å². The summed E-state index contributed by atoms with van der Waals surface area (Å²) in [6, 6.07) is 71.5. The third-order valence-corrected chi connectivity index (χ3v) is 12.0. The fourth-order valence-electron chi connectivity index (χ4n) is 8.21. The molecule has 0 bridgehead atoms. The fraction of sp³-hybridized carbons (Fsp3) is 0. The summed E-state index contributed by atoms with van der Waals surface area (Å²) in [6.07, 6.45) is 0. The summed E-state index contributed by atoms with van der Waals surface area (Å²) < 4.78 is 4.71. The second-order valence-electron chi connectivity index (χ2n) is 14.2. The Balaban J connectivity index is 1.09. The van der Waals surface area contributed by atoms with Gasteiger partial charge in [0.1, 0.15) is 0 Å². The maximum atomic E-state index is 5.39. The minimum Gasteiger partial charge on any atom is -0.309 e. The van der Waals surface area contributed by atoms with Crippen molar-refractivity contribution in [3.8, 4) is 61.7 Å². The van der Waals surface area contributed by atoms with Crippen LogP contribution in [0, 0.1) is 0 Å². The Labute approximate surface area is 328 Å². The van der Waals surface area contributed by atoms with Crippen molar-refractivity contribution in [1.29, 1.82) is 0 Å². The number of benzene rings is 8. The summed E-state index contributed by atoms with van der Waals surface area (Å²) in [5, 5.41) is 3.60. The summed E-state index contributed by atoms with van der Waals surface area (Å²) >= 11 is 1.76. The highest BCUT2D eigenvalue weighted by Gasteiger charge is 2.19. The molecule has 11 aromatic rings. The van der Waals surface area contributed by atoms with Crippen LogP contribution in [0.15, 0.2) is 200 Å². The standard InChI is InChI=1S/C52H33N3S/c1-3-15-34(16-4-1)36-19-11-22-39(31-36)49-51-50(44-26-8-10-30-47(44)56-51)54-52(53-49)40-23-12-21-38(32-40)42-27-14-29-46-48(42)43-25-7-9-28-45(43)55(46)41-24-13-20-37(33-41)35-17-5-2-6-18-35/h1-33H. The molecule has 3 heterocycles. The lowest BCUT2D eigenvalue weighted by atomic mass is 9.97. The Morgan fingerprint density at radius 2 is 0.964 bits per heavy atom. The van der Waals surface area contributed by atoms with Crippen molar-refractivity contribution >= 4 is 53.4 Å². The summed E-state index contributed by atoms with van der Waals surface area (Å²) in [5.74, 6) is 0.718. The molecule has 0 spiro atoms. The molecule has 4 heteroatoms. The van der Waals surface area contributed by atoms with Crippen molar-refractivity contribution < 1.29 is 0 Å². The van der Waals surface area contributed by atoms with Gasteiger partial charge in [0, 0.05) is 37.7 Å². The molecule has 0 aliphatic heterocycles. The van der Waals surface area contributed by atoms with Gasteiger partial charge in [0.2, 0.25) is 0 Å². The lowest BCUT2D eigenvalue weighted by Gasteiger charge is -2.12. The molecular weight excluding hydrogens is 699 g/mol. The quantitative estimate of drug-likeness (QED) is 0.170. The third kappa shape index (κ3) is 5.42. The van der Waals surface area contributed by atoms with E-state index in [1.54, 1.807) is 11.3 Å². The second-order valence-corrected chi connectivity index (χ2v) is 15.2. The lowest BCUT2D eigenvalue weighted by Crippen LogP contribution is -1.95. The minimum atomic E-state index is 0.718. The van der Waals surface area contributed by atoms with E-state index in [2.05, 4.69) is 205 Å². The van der Waals surface area contributed by atoms with Crippen LogP contribution in [-0.4, -0.2) is 14.5 Å². The predicted octanol–water partition coefficient (Wildman–Crippen LogP) is 14.3. The van der Waals surface area contributed by atoms with Crippen molar-refractivity contribution in [1.82, 2.24) is 14.5 Å². The van der Waals surface area contributed by atoms with Gasteiger partial charge in [-0.2, -0.15) is 0 Å². The zero-order valence-electron chi connectivity index (χ0n) is 30.3. The molecule has 0 saturated heterocycles. The lowest BCUT2D eigenvalue weighted by molar-refractivity contribution is 1.18. The Bertz CT molecular complexity index is 3250. The highest BCUT2D eigenvalue weighted by molar-refractivity contribution is 7.26. The van der Waals surface area contributed by atoms with Crippen LogP contribution in [0.3, 0.4) is 0 Å². The van der Waals surface area contributed by atoms with Gasteiger partial charge in [0.15, 0.2) is 5.82 Å². The van der Waals surface area contributed by atoms with Crippen LogP contribution in [-0.2, 0) is 0 Å². The maximum absolute atomic E-state index is 5.39. The molecule has 0 amide bonds. The predicted molar refractivity (Wildman–Crippen MR) is 236 cm³/mol. The van der Waals surface area contributed by atoms with Gasteiger partial charge in [-0.25, -0.2) is 9.97 Å². The Hall–Kier alpha value is -7.14. The molecule has 0 radical (unpaired) electrons. The first-order valence-electron chi connectivity index (χ1n) is 18.9. The molecule has 0 aliphatic carbocycles. The van der Waals surface area contributed by atoms with Crippen molar-refractivity contribution in [3.05, 3.63) is 200 Å². The second kappa shape index (κ2) is 13.3. The van der Waals surface area contributed by atoms with Crippen LogP contribution >= 0.6 is 11.3 Å². The molecule has 0 N–H and O–H groups in total. The average Bonchev–Trinajstić information content (AvgIpc) is 3.83. The Kier molecular flexibility index (Phi) is 7.68. The van der Waals surface area contributed by atoms with Crippen molar-refractivity contribution in [2.45, 2.75) is 0 Å². The molecule has 0 atom stereocenters. The van der Waals surface area contributed by atoms with Gasteiger partial charge in [-0.1, -0.05) is 158 Å². The van der Waals surface area contributed by atoms with Crippen LogP contribution in [0.5, 0.6) is 0 Å². The van der Waals surface area contributed by atoms with E-state index in [1.807, 2.05) is 0 Å². The third-order valence-electron chi connectivity index (χ3n) is 10.8. The highest BCUT2D eigenvalue weighted by atomic mass is 32.1. The van der Waals surface area contributed by atoms with Gasteiger partial charge < -0.3 is 4.57 Å². The topological polar surface area (TPSA) is 30.7 Å². The molecule has 8 aromatic carbocycles. The number of para-hydroxylation sites is 1. The molecule has 56 heavy (non-hydrogen) atoms. The van der Waals surface area contributed by atoms with Crippen molar-refractivity contribution in [3.63, 3.8) is 0 Å². The van der Waals surface area contributed by atoms with Gasteiger partial charge in [0.25, 0.3) is 0 Å². The molecule has 262 valence electrons. The number of hydrogen-bond acceptors (Lipinski definition) is 3. The van der Waals surface area contributed by atoms with E-state index in [0.29, 0.717) is 0 Å². The first-order chi connectivity index (χ1) is 27.8. The highest BCUT2D eigenvalue weighted by Crippen LogP contribution is 2.42. The van der Waals surface area contributed by atoms with Crippen LogP contribution in [0.4, 0.5) is 0 Å². The van der Waals surface area contributed by atoms with Gasteiger partial charge in [-0.15, -0.1) is 11.3 Å². The Morgan fingerprint density at radius 1 is 0.393 bits per heavy atom. The number of nitrogens with zero attached hydrogens (tertiary/aromatic N) is 3. The van der Waals surface area contributed by atoms with Crippen molar-refractivity contribution in [2.75, 3.05) is 0 Å². The SMILES string of the molecule is c1ccc(-c2cccc(-c3nc(-c4cccc(-c5cccc6c5c5ccccc5n6-c5cccc(-c6ccccc6)c5)c4)nc4c3sc3ccccc34)c2)cc1. The maximum Gasteiger partial charge on any atom is 0.160 e. The molecule has 0 unspecified atom stereocenters. The van der Waals surface area contributed by atoms with E-state index < -0.39 is 0 Å². The van der Waals surface area contributed by atoms with Crippen LogP contribution in [0.1, 0.15) is 0 Å². The summed E-state index contributed by atoms with van der Waals surface area (Å²) in [6.45, 7) is 0.